The largest absolute Gasteiger partial charge is 0.352 e. The summed E-state index contributed by atoms with van der Waals surface area (Å²) < 4.78 is 0. The summed E-state index contributed by atoms with van der Waals surface area (Å²) in [4.78, 5) is 10.9. The molecule has 0 saturated heterocycles. The third-order valence-corrected chi connectivity index (χ3v) is 3.44. The van der Waals surface area contributed by atoms with E-state index in [9.17, 15) is 4.79 Å². The van der Waals surface area contributed by atoms with E-state index in [1.165, 1.54) is 22.3 Å². The highest BCUT2D eigenvalue weighted by molar-refractivity contribution is 5.79. The average molecular weight is 238 g/mol. The van der Waals surface area contributed by atoms with Crippen molar-refractivity contribution in [1.29, 1.82) is 0 Å². The van der Waals surface area contributed by atoms with Crippen molar-refractivity contribution in [2.75, 3.05) is 6.54 Å². The maximum Gasteiger partial charge on any atom is 0.312 e. The van der Waals surface area contributed by atoms with Crippen LogP contribution in [0, 0.1) is 0 Å². The van der Waals surface area contributed by atoms with Gasteiger partial charge in [-0.25, -0.2) is 4.79 Å². The van der Waals surface area contributed by atoms with Crippen molar-refractivity contribution < 1.29 is 4.79 Å². The van der Waals surface area contributed by atoms with Gasteiger partial charge in [0.15, 0.2) is 0 Å². The Bertz CT molecular complexity index is 561. The van der Waals surface area contributed by atoms with Gasteiger partial charge in [-0.15, -0.1) is 0 Å². The molecule has 0 spiro atoms. The minimum absolute atomic E-state index is 0.199. The van der Waals surface area contributed by atoms with Crippen LogP contribution in [0.3, 0.4) is 0 Å². The molecule has 0 saturated carbocycles. The number of carbonyl (C=O) groups excluding carboxylic acids is 1. The van der Waals surface area contributed by atoms with Gasteiger partial charge in [0.2, 0.25) is 0 Å². The number of nitrogens with two attached hydrogens (primary N) is 1. The minimum Gasteiger partial charge on any atom is -0.352 e. The molecule has 3 heteroatoms. The molecule has 0 heterocycles. The van der Waals surface area contributed by atoms with Crippen LogP contribution in [0.25, 0.3) is 11.1 Å². The topological polar surface area (TPSA) is 55.1 Å². The molecule has 90 valence electrons. The first-order valence-corrected chi connectivity index (χ1v) is 5.99. The SMILES string of the molecule is NC(=O)NCC1c2ccccc2-c2ccccc21. The molecule has 3 N–H and O–H groups in total. The molecule has 2 amide bonds. The predicted molar refractivity (Wildman–Crippen MR) is 71.3 cm³/mol. The Morgan fingerprint density at radius 1 is 1.00 bits per heavy atom. The maximum atomic E-state index is 10.9. The monoisotopic (exact) mass is 238 g/mol. The third-order valence-electron chi connectivity index (χ3n) is 3.44. The predicted octanol–water partition coefficient (Wildman–Crippen LogP) is 2.47. The van der Waals surface area contributed by atoms with E-state index in [0.29, 0.717) is 6.54 Å². The van der Waals surface area contributed by atoms with Crippen LogP contribution in [0.1, 0.15) is 17.0 Å². The number of rotatable bonds is 2. The van der Waals surface area contributed by atoms with Crippen LogP contribution >= 0.6 is 0 Å². The number of primary amides is 1. The molecular weight excluding hydrogens is 224 g/mol. The molecule has 0 fully saturated rings. The van der Waals surface area contributed by atoms with E-state index in [0.717, 1.165) is 0 Å². The highest BCUT2D eigenvalue weighted by Crippen LogP contribution is 2.43. The van der Waals surface area contributed by atoms with Crippen molar-refractivity contribution in [3.8, 4) is 11.1 Å². The zero-order chi connectivity index (χ0) is 12.5. The summed E-state index contributed by atoms with van der Waals surface area (Å²) in [6, 6.07) is 16.1. The van der Waals surface area contributed by atoms with Gasteiger partial charge >= 0.3 is 6.03 Å². The first-order chi connectivity index (χ1) is 8.77. The van der Waals surface area contributed by atoms with Gasteiger partial charge in [0.1, 0.15) is 0 Å². The van der Waals surface area contributed by atoms with E-state index < -0.39 is 6.03 Å². The second-order valence-electron chi connectivity index (χ2n) is 4.47. The highest BCUT2D eigenvalue weighted by atomic mass is 16.2. The smallest absolute Gasteiger partial charge is 0.312 e. The quantitative estimate of drug-likeness (QED) is 0.829. The molecule has 0 bridgehead atoms. The van der Waals surface area contributed by atoms with Gasteiger partial charge in [-0.05, 0) is 22.3 Å². The molecular formula is C15H14N2O. The van der Waals surface area contributed by atoms with Crippen LogP contribution in [0.5, 0.6) is 0 Å². The molecule has 3 rings (SSSR count). The fraction of sp³-hybridized carbons (Fsp3) is 0.133. The van der Waals surface area contributed by atoms with Crippen LogP contribution < -0.4 is 11.1 Å². The lowest BCUT2D eigenvalue weighted by Crippen LogP contribution is -2.32. The number of nitrogens with one attached hydrogen (secondary N) is 1. The summed E-state index contributed by atoms with van der Waals surface area (Å²) in [6.07, 6.45) is 0. The summed E-state index contributed by atoms with van der Waals surface area (Å²) >= 11 is 0. The number of hydrogen-bond donors (Lipinski definition) is 2. The molecule has 18 heavy (non-hydrogen) atoms. The lowest BCUT2D eigenvalue weighted by Gasteiger charge is -2.13. The van der Waals surface area contributed by atoms with Gasteiger partial charge in [-0.3, -0.25) is 0 Å². The van der Waals surface area contributed by atoms with Crippen LogP contribution in [0.2, 0.25) is 0 Å². The Morgan fingerprint density at radius 3 is 2.00 bits per heavy atom. The molecule has 0 aliphatic heterocycles. The Morgan fingerprint density at radius 2 is 1.50 bits per heavy atom. The van der Waals surface area contributed by atoms with E-state index in [4.69, 9.17) is 5.73 Å². The summed E-state index contributed by atoms with van der Waals surface area (Å²) in [6.45, 7) is 0.545. The van der Waals surface area contributed by atoms with Crippen molar-refractivity contribution in [1.82, 2.24) is 5.32 Å². The first kappa shape index (κ1) is 10.8. The lowest BCUT2D eigenvalue weighted by molar-refractivity contribution is 0.248. The first-order valence-electron chi connectivity index (χ1n) is 5.99. The fourth-order valence-electron chi connectivity index (χ4n) is 2.68. The molecule has 0 radical (unpaired) electrons. The van der Waals surface area contributed by atoms with E-state index in [2.05, 4.69) is 29.6 Å². The molecule has 3 nitrogen and oxygen atoms in total. The molecule has 0 aromatic heterocycles. The van der Waals surface area contributed by atoms with Crippen LogP contribution in [0.15, 0.2) is 48.5 Å². The summed E-state index contributed by atoms with van der Waals surface area (Å²) in [7, 11) is 0. The summed E-state index contributed by atoms with van der Waals surface area (Å²) in [5, 5.41) is 2.71. The molecule has 0 atom stereocenters. The maximum absolute atomic E-state index is 10.9. The van der Waals surface area contributed by atoms with Crippen LogP contribution in [0.4, 0.5) is 4.79 Å². The number of carbonyl (C=O) groups is 1. The Balaban J connectivity index is 2.06. The van der Waals surface area contributed by atoms with Gasteiger partial charge < -0.3 is 11.1 Å². The standard InChI is InChI=1S/C15H14N2O/c16-15(18)17-9-14-12-7-3-1-5-10(12)11-6-2-4-8-13(11)14/h1-8,14H,9H2,(H3,16,17,18). The van der Waals surface area contributed by atoms with Crippen molar-refractivity contribution in [2.24, 2.45) is 5.73 Å². The third kappa shape index (κ3) is 1.64. The number of fused-ring (bicyclic) bond motifs is 3. The van der Waals surface area contributed by atoms with E-state index in [1.807, 2.05) is 24.3 Å². The second-order valence-corrected chi connectivity index (χ2v) is 4.47. The van der Waals surface area contributed by atoms with Crippen LogP contribution in [-0.4, -0.2) is 12.6 Å². The van der Waals surface area contributed by atoms with E-state index in [-0.39, 0.29) is 5.92 Å². The number of amides is 2. The van der Waals surface area contributed by atoms with Crippen molar-refractivity contribution >= 4 is 6.03 Å². The summed E-state index contributed by atoms with van der Waals surface area (Å²) in [5.74, 6) is 0.199. The Hall–Kier alpha value is -2.29. The molecule has 0 unspecified atom stereocenters. The van der Waals surface area contributed by atoms with Gasteiger partial charge in [-0.2, -0.15) is 0 Å². The number of hydrogen-bond acceptors (Lipinski definition) is 1. The van der Waals surface area contributed by atoms with Gasteiger partial charge in [0.25, 0.3) is 0 Å². The number of urea groups is 1. The van der Waals surface area contributed by atoms with E-state index in [1.54, 1.807) is 0 Å². The normalized spacial score (nSPS) is 12.9. The zero-order valence-corrected chi connectivity index (χ0v) is 9.89. The number of benzene rings is 2. The molecule has 1 aliphatic rings. The molecule has 2 aromatic rings. The van der Waals surface area contributed by atoms with Gasteiger partial charge in [0, 0.05) is 12.5 Å². The lowest BCUT2D eigenvalue weighted by atomic mass is 9.97. The van der Waals surface area contributed by atoms with Crippen LogP contribution in [-0.2, 0) is 0 Å². The fourth-order valence-corrected chi connectivity index (χ4v) is 2.68. The van der Waals surface area contributed by atoms with Crippen molar-refractivity contribution in [3.05, 3.63) is 59.7 Å². The molecule has 2 aromatic carbocycles. The Kier molecular flexibility index (Phi) is 2.52. The van der Waals surface area contributed by atoms with E-state index >= 15 is 0 Å². The van der Waals surface area contributed by atoms with Gasteiger partial charge in [0.05, 0.1) is 0 Å². The van der Waals surface area contributed by atoms with Crippen molar-refractivity contribution in [3.63, 3.8) is 0 Å². The Labute approximate surface area is 106 Å². The minimum atomic E-state index is -0.475. The average Bonchev–Trinajstić information content (AvgIpc) is 2.71. The van der Waals surface area contributed by atoms with Crippen molar-refractivity contribution in [2.45, 2.75) is 5.92 Å². The second kappa shape index (κ2) is 4.18. The zero-order valence-electron chi connectivity index (χ0n) is 9.89. The van der Waals surface area contributed by atoms with Gasteiger partial charge in [-0.1, -0.05) is 48.5 Å². The highest BCUT2D eigenvalue weighted by Gasteiger charge is 2.27. The summed E-state index contributed by atoms with van der Waals surface area (Å²) in [5.41, 5.74) is 10.2. The molecule has 1 aliphatic carbocycles.